The van der Waals surface area contributed by atoms with Crippen molar-refractivity contribution in [1.29, 1.82) is 0 Å². The molecular formula is C13H20N4O. The van der Waals surface area contributed by atoms with E-state index in [1.54, 1.807) is 0 Å². The van der Waals surface area contributed by atoms with Gasteiger partial charge >= 0.3 is 0 Å². The Morgan fingerprint density at radius 2 is 2.06 bits per heavy atom. The van der Waals surface area contributed by atoms with Gasteiger partial charge in [-0.2, -0.15) is 0 Å². The van der Waals surface area contributed by atoms with Crippen molar-refractivity contribution in [3.05, 3.63) is 17.1 Å². The fraction of sp³-hybridized carbons (Fsp3) is 0.692. The monoisotopic (exact) mass is 248 g/mol. The molecule has 0 aromatic carbocycles. The van der Waals surface area contributed by atoms with Crippen LogP contribution in [0.5, 0.6) is 0 Å². The Hall–Kier alpha value is -1.20. The number of rotatable bonds is 1. The second-order valence-electron chi connectivity index (χ2n) is 5.15. The molecule has 2 aliphatic heterocycles. The van der Waals surface area contributed by atoms with Crippen LogP contribution in [-0.4, -0.2) is 40.7 Å². The van der Waals surface area contributed by atoms with E-state index in [1.807, 2.05) is 6.92 Å². The van der Waals surface area contributed by atoms with E-state index in [0.29, 0.717) is 11.9 Å². The van der Waals surface area contributed by atoms with Crippen molar-refractivity contribution in [3.8, 4) is 0 Å². The van der Waals surface area contributed by atoms with Crippen LogP contribution in [0.3, 0.4) is 0 Å². The molecular weight excluding hydrogens is 228 g/mol. The predicted octanol–water partition coefficient (Wildman–Crippen LogP) is 0.904. The summed E-state index contributed by atoms with van der Waals surface area (Å²) in [6, 6.07) is 0.632. The quantitative estimate of drug-likeness (QED) is 0.800. The first kappa shape index (κ1) is 11.9. The largest absolute Gasteiger partial charge is 0.383 e. The van der Waals surface area contributed by atoms with Gasteiger partial charge in [0.25, 0.3) is 0 Å². The first-order valence-electron chi connectivity index (χ1n) is 6.67. The van der Waals surface area contributed by atoms with Crippen molar-refractivity contribution >= 4 is 5.82 Å². The lowest BCUT2D eigenvalue weighted by atomic mass is 10.0. The maximum atomic E-state index is 6.03. The smallest absolute Gasteiger partial charge is 0.131 e. The second-order valence-corrected chi connectivity index (χ2v) is 5.15. The summed E-state index contributed by atoms with van der Waals surface area (Å²) in [5.41, 5.74) is 8.31. The molecule has 5 heteroatoms. The molecule has 5 nitrogen and oxygen atoms in total. The Balaban J connectivity index is 1.80. The average Bonchev–Trinajstić information content (AvgIpc) is 2.39. The molecule has 1 fully saturated rings. The molecule has 1 aromatic heterocycles. The van der Waals surface area contributed by atoms with Crippen LogP contribution in [0.1, 0.15) is 29.9 Å². The fourth-order valence-corrected chi connectivity index (χ4v) is 2.95. The molecule has 98 valence electrons. The van der Waals surface area contributed by atoms with Gasteiger partial charge in [-0.05, 0) is 19.8 Å². The Morgan fingerprint density at radius 1 is 1.28 bits per heavy atom. The molecule has 0 amide bonds. The maximum Gasteiger partial charge on any atom is 0.131 e. The Kier molecular flexibility index (Phi) is 3.18. The Bertz CT molecular complexity index is 443. The van der Waals surface area contributed by atoms with Gasteiger partial charge in [-0.1, -0.05) is 0 Å². The summed E-state index contributed by atoms with van der Waals surface area (Å²) in [5, 5.41) is 0. The molecule has 0 aliphatic carbocycles. The van der Waals surface area contributed by atoms with Gasteiger partial charge in [0.2, 0.25) is 0 Å². The highest BCUT2D eigenvalue weighted by Crippen LogP contribution is 2.26. The van der Waals surface area contributed by atoms with Crippen molar-refractivity contribution in [3.63, 3.8) is 0 Å². The van der Waals surface area contributed by atoms with Crippen LogP contribution in [0.2, 0.25) is 0 Å². The SMILES string of the molecule is Cc1nc(N)c2c(n1)CCN(C1CCOCC1)C2. The van der Waals surface area contributed by atoms with Crippen LogP contribution in [0, 0.1) is 6.92 Å². The number of hydrogen-bond acceptors (Lipinski definition) is 5. The number of nitrogens with zero attached hydrogens (tertiary/aromatic N) is 3. The summed E-state index contributed by atoms with van der Waals surface area (Å²) in [4.78, 5) is 11.3. The zero-order valence-corrected chi connectivity index (χ0v) is 10.9. The van der Waals surface area contributed by atoms with Gasteiger partial charge in [0.05, 0.1) is 5.69 Å². The fourth-order valence-electron chi connectivity index (χ4n) is 2.95. The minimum absolute atomic E-state index is 0.632. The summed E-state index contributed by atoms with van der Waals surface area (Å²) in [7, 11) is 0. The van der Waals surface area contributed by atoms with Gasteiger partial charge in [0, 0.05) is 44.3 Å². The Morgan fingerprint density at radius 3 is 2.83 bits per heavy atom. The lowest BCUT2D eigenvalue weighted by molar-refractivity contribution is 0.0288. The minimum Gasteiger partial charge on any atom is -0.383 e. The number of fused-ring (bicyclic) bond motifs is 1. The van der Waals surface area contributed by atoms with Gasteiger partial charge in [-0.3, -0.25) is 4.90 Å². The van der Waals surface area contributed by atoms with Crippen LogP contribution in [0.4, 0.5) is 5.82 Å². The van der Waals surface area contributed by atoms with E-state index in [1.165, 1.54) is 0 Å². The minimum atomic E-state index is 0.632. The van der Waals surface area contributed by atoms with Crippen LogP contribution in [0.15, 0.2) is 0 Å². The van der Waals surface area contributed by atoms with Crippen LogP contribution < -0.4 is 5.73 Å². The van der Waals surface area contributed by atoms with Gasteiger partial charge in [0.15, 0.2) is 0 Å². The molecule has 1 saturated heterocycles. The standard InChI is InChI=1S/C13H20N4O/c1-9-15-12-2-5-17(8-11(12)13(14)16-9)10-3-6-18-7-4-10/h10H,2-8H2,1H3,(H2,14,15,16). The van der Waals surface area contributed by atoms with Crippen molar-refractivity contribution in [2.24, 2.45) is 0 Å². The summed E-state index contributed by atoms with van der Waals surface area (Å²) in [5.74, 6) is 1.44. The van der Waals surface area contributed by atoms with E-state index in [0.717, 1.165) is 62.6 Å². The molecule has 0 unspecified atom stereocenters. The second kappa shape index (κ2) is 4.82. The first-order valence-corrected chi connectivity index (χ1v) is 6.67. The van der Waals surface area contributed by atoms with Crippen molar-refractivity contribution in [1.82, 2.24) is 14.9 Å². The van der Waals surface area contributed by atoms with Gasteiger partial charge in [-0.25, -0.2) is 9.97 Å². The number of nitrogens with two attached hydrogens (primary N) is 1. The normalized spacial score (nSPS) is 21.8. The number of anilines is 1. The van der Waals surface area contributed by atoms with Crippen molar-refractivity contribution in [2.75, 3.05) is 25.5 Å². The van der Waals surface area contributed by atoms with E-state index in [4.69, 9.17) is 10.5 Å². The van der Waals surface area contributed by atoms with Gasteiger partial charge in [-0.15, -0.1) is 0 Å². The molecule has 3 heterocycles. The highest BCUT2D eigenvalue weighted by Gasteiger charge is 2.27. The zero-order chi connectivity index (χ0) is 12.5. The molecule has 0 atom stereocenters. The molecule has 3 rings (SSSR count). The van der Waals surface area contributed by atoms with E-state index < -0.39 is 0 Å². The summed E-state index contributed by atoms with van der Waals surface area (Å²) in [6.07, 6.45) is 3.24. The number of ether oxygens (including phenoxy) is 1. The lowest BCUT2D eigenvalue weighted by Crippen LogP contribution is -2.43. The van der Waals surface area contributed by atoms with Crippen molar-refractivity contribution in [2.45, 2.75) is 38.8 Å². The summed E-state index contributed by atoms with van der Waals surface area (Å²) < 4.78 is 5.42. The molecule has 2 aliphatic rings. The number of hydrogen-bond donors (Lipinski definition) is 1. The Labute approximate surface area is 107 Å². The molecule has 1 aromatic rings. The van der Waals surface area contributed by atoms with E-state index in [2.05, 4.69) is 14.9 Å². The molecule has 2 N–H and O–H groups in total. The van der Waals surface area contributed by atoms with Crippen molar-refractivity contribution < 1.29 is 4.74 Å². The summed E-state index contributed by atoms with van der Waals surface area (Å²) >= 11 is 0. The molecule has 0 bridgehead atoms. The molecule has 18 heavy (non-hydrogen) atoms. The average molecular weight is 248 g/mol. The third kappa shape index (κ3) is 2.20. The van der Waals surface area contributed by atoms with Gasteiger partial charge in [0.1, 0.15) is 11.6 Å². The van der Waals surface area contributed by atoms with E-state index in [9.17, 15) is 0 Å². The zero-order valence-electron chi connectivity index (χ0n) is 10.9. The topological polar surface area (TPSA) is 64.3 Å². The van der Waals surface area contributed by atoms with E-state index in [-0.39, 0.29) is 0 Å². The van der Waals surface area contributed by atoms with Crippen LogP contribution in [0.25, 0.3) is 0 Å². The highest BCUT2D eigenvalue weighted by molar-refractivity contribution is 5.43. The first-order chi connectivity index (χ1) is 8.74. The number of nitrogen functional groups attached to an aromatic ring is 1. The number of aryl methyl sites for hydroxylation is 1. The van der Waals surface area contributed by atoms with Gasteiger partial charge < -0.3 is 10.5 Å². The maximum absolute atomic E-state index is 6.03. The molecule has 0 spiro atoms. The predicted molar refractivity (Wildman–Crippen MR) is 69.1 cm³/mol. The molecule has 0 radical (unpaired) electrons. The van der Waals surface area contributed by atoms with Crippen LogP contribution in [-0.2, 0) is 17.7 Å². The molecule has 0 saturated carbocycles. The third-order valence-electron chi connectivity index (χ3n) is 3.94. The lowest BCUT2D eigenvalue weighted by Gasteiger charge is -2.37. The van der Waals surface area contributed by atoms with E-state index >= 15 is 0 Å². The van der Waals surface area contributed by atoms with Crippen LogP contribution >= 0.6 is 0 Å². The number of aromatic nitrogens is 2. The summed E-state index contributed by atoms with van der Waals surface area (Å²) in [6.45, 7) is 5.64. The third-order valence-corrected chi connectivity index (χ3v) is 3.94. The highest BCUT2D eigenvalue weighted by atomic mass is 16.5.